The summed E-state index contributed by atoms with van der Waals surface area (Å²) in [6, 6.07) is 14.1. The molecule has 2 aromatic rings. The number of anilines is 3. The SMILES string of the molecule is Cc1ccccc1CCNc1ccc(N)c(N)c1. The molecule has 3 nitrogen and oxygen atoms in total. The van der Waals surface area contributed by atoms with Gasteiger partial charge in [-0.15, -0.1) is 0 Å². The van der Waals surface area contributed by atoms with Crippen molar-refractivity contribution in [1.82, 2.24) is 0 Å². The number of nitrogens with one attached hydrogen (secondary N) is 1. The number of benzene rings is 2. The second-order valence-corrected chi connectivity index (χ2v) is 4.45. The maximum atomic E-state index is 5.76. The average molecular weight is 241 g/mol. The van der Waals surface area contributed by atoms with Crippen LogP contribution >= 0.6 is 0 Å². The zero-order valence-corrected chi connectivity index (χ0v) is 10.6. The van der Waals surface area contributed by atoms with Gasteiger partial charge in [-0.05, 0) is 42.7 Å². The Balaban J connectivity index is 1.92. The fourth-order valence-electron chi connectivity index (χ4n) is 1.92. The van der Waals surface area contributed by atoms with Gasteiger partial charge in [0.25, 0.3) is 0 Å². The average Bonchev–Trinajstić information content (AvgIpc) is 2.36. The molecule has 94 valence electrons. The lowest BCUT2D eigenvalue weighted by Gasteiger charge is -2.09. The Morgan fingerprint density at radius 3 is 2.50 bits per heavy atom. The zero-order chi connectivity index (χ0) is 13.0. The van der Waals surface area contributed by atoms with Crippen LogP contribution in [0.4, 0.5) is 17.1 Å². The molecule has 0 aromatic heterocycles. The molecule has 2 rings (SSSR count). The lowest BCUT2D eigenvalue weighted by Crippen LogP contribution is -2.06. The minimum absolute atomic E-state index is 0.621. The molecule has 0 amide bonds. The van der Waals surface area contributed by atoms with Crippen LogP contribution in [0.1, 0.15) is 11.1 Å². The first kappa shape index (κ1) is 12.3. The van der Waals surface area contributed by atoms with Gasteiger partial charge in [0.1, 0.15) is 0 Å². The highest BCUT2D eigenvalue weighted by atomic mass is 14.9. The van der Waals surface area contributed by atoms with Crippen molar-refractivity contribution in [3.8, 4) is 0 Å². The van der Waals surface area contributed by atoms with E-state index in [0.717, 1.165) is 18.7 Å². The van der Waals surface area contributed by atoms with Crippen LogP contribution in [0.25, 0.3) is 0 Å². The molecule has 0 unspecified atom stereocenters. The maximum Gasteiger partial charge on any atom is 0.0568 e. The molecule has 2 aromatic carbocycles. The van der Waals surface area contributed by atoms with E-state index >= 15 is 0 Å². The van der Waals surface area contributed by atoms with E-state index in [4.69, 9.17) is 11.5 Å². The second-order valence-electron chi connectivity index (χ2n) is 4.45. The number of nitrogen functional groups attached to an aromatic ring is 2. The van der Waals surface area contributed by atoms with Crippen molar-refractivity contribution in [2.45, 2.75) is 13.3 Å². The highest BCUT2D eigenvalue weighted by molar-refractivity contribution is 5.69. The predicted molar refractivity (Wildman–Crippen MR) is 78.6 cm³/mol. The first-order valence-corrected chi connectivity index (χ1v) is 6.10. The Morgan fingerprint density at radius 1 is 1.00 bits per heavy atom. The predicted octanol–water partition coefficient (Wildman–Crippen LogP) is 2.81. The normalized spacial score (nSPS) is 10.3. The minimum Gasteiger partial charge on any atom is -0.397 e. The highest BCUT2D eigenvalue weighted by Crippen LogP contribution is 2.19. The van der Waals surface area contributed by atoms with Crippen LogP contribution < -0.4 is 16.8 Å². The van der Waals surface area contributed by atoms with Gasteiger partial charge in [0, 0.05) is 12.2 Å². The lowest BCUT2D eigenvalue weighted by atomic mass is 10.1. The van der Waals surface area contributed by atoms with E-state index < -0.39 is 0 Å². The third-order valence-corrected chi connectivity index (χ3v) is 3.07. The first-order valence-electron chi connectivity index (χ1n) is 6.10. The molecule has 5 N–H and O–H groups in total. The van der Waals surface area contributed by atoms with E-state index in [-0.39, 0.29) is 0 Å². The summed E-state index contributed by atoms with van der Waals surface area (Å²) < 4.78 is 0. The van der Waals surface area contributed by atoms with Gasteiger partial charge in [-0.3, -0.25) is 0 Å². The lowest BCUT2D eigenvalue weighted by molar-refractivity contribution is 1.01. The molecule has 0 bridgehead atoms. The van der Waals surface area contributed by atoms with Gasteiger partial charge >= 0.3 is 0 Å². The van der Waals surface area contributed by atoms with Crippen LogP contribution in [-0.2, 0) is 6.42 Å². The quantitative estimate of drug-likeness (QED) is 0.721. The summed E-state index contributed by atoms with van der Waals surface area (Å²) in [6.45, 7) is 3.02. The molecule has 0 atom stereocenters. The van der Waals surface area contributed by atoms with Crippen LogP contribution in [0.5, 0.6) is 0 Å². The van der Waals surface area contributed by atoms with Crippen LogP contribution in [0.3, 0.4) is 0 Å². The zero-order valence-electron chi connectivity index (χ0n) is 10.6. The summed E-state index contributed by atoms with van der Waals surface area (Å²) in [5, 5.41) is 3.35. The topological polar surface area (TPSA) is 64.1 Å². The number of rotatable bonds is 4. The number of nitrogens with two attached hydrogens (primary N) is 2. The van der Waals surface area contributed by atoms with E-state index in [1.807, 2.05) is 18.2 Å². The number of aryl methyl sites for hydroxylation is 1. The molecular formula is C15H19N3. The van der Waals surface area contributed by atoms with Crippen LogP contribution in [0.15, 0.2) is 42.5 Å². The largest absolute Gasteiger partial charge is 0.397 e. The molecule has 18 heavy (non-hydrogen) atoms. The fourth-order valence-corrected chi connectivity index (χ4v) is 1.92. The van der Waals surface area contributed by atoms with Gasteiger partial charge in [-0.1, -0.05) is 24.3 Å². The van der Waals surface area contributed by atoms with Crippen molar-refractivity contribution < 1.29 is 0 Å². The summed E-state index contributed by atoms with van der Waals surface area (Å²) in [7, 11) is 0. The Kier molecular flexibility index (Phi) is 3.72. The summed E-state index contributed by atoms with van der Waals surface area (Å²) in [5.74, 6) is 0. The molecule has 0 saturated carbocycles. The summed E-state index contributed by atoms with van der Waals surface area (Å²) in [5.41, 5.74) is 16.4. The van der Waals surface area contributed by atoms with Gasteiger partial charge in [-0.2, -0.15) is 0 Å². The Bertz CT molecular complexity index is 535. The number of hydrogen-bond acceptors (Lipinski definition) is 3. The maximum absolute atomic E-state index is 5.76. The standard InChI is InChI=1S/C15H19N3/c1-11-4-2-3-5-12(11)8-9-18-13-6-7-14(16)15(17)10-13/h2-7,10,18H,8-9,16-17H2,1H3. The van der Waals surface area contributed by atoms with Crippen molar-refractivity contribution in [3.05, 3.63) is 53.6 Å². The molecule has 0 fully saturated rings. The van der Waals surface area contributed by atoms with Gasteiger partial charge in [0.15, 0.2) is 0 Å². The monoisotopic (exact) mass is 241 g/mol. The van der Waals surface area contributed by atoms with E-state index in [1.54, 1.807) is 0 Å². The molecule has 0 spiro atoms. The van der Waals surface area contributed by atoms with E-state index in [1.165, 1.54) is 11.1 Å². The molecular weight excluding hydrogens is 222 g/mol. The van der Waals surface area contributed by atoms with Crippen LogP contribution in [0, 0.1) is 6.92 Å². The van der Waals surface area contributed by atoms with Crippen LogP contribution in [0.2, 0.25) is 0 Å². The van der Waals surface area contributed by atoms with Gasteiger partial charge < -0.3 is 16.8 Å². The van der Waals surface area contributed by atoms with Gasteiger partial charge in [0.05, 0.1) is 11.4 Å². The van der Waals surface area contributed by atoms with E-state index in [2.05, 4.69) is 36.5 Å². The minimum atomic E-state index is 0.621. The summed E-state index contributed by atoms with van der Waals surface area (Å²) in [6.07, 6.45) is 0.997. The molecule has 0 aliphatic rings. The third-order valence-electron chi connectivity index (χ3n) is 3.07. The summed E-state index contributed by atoms with van der Waals surface area (Å²) >= 11 is 0. The van der Waals surface area contributed by atoms with Crippen molar-refractivity contribution in [2.75, 3.05) is 23.3 Å². The molecule has 0 heterocycles. The molecule has 0 aliphatic carbocycles. The third kappa shape index (κ3) is 2.94. The fraction of sp³-hybridized carbons (Fsp3) is 0.200. The van der Waals surface area contributed by atoms with Crippen molar-refractivity contribution in [1.29, 1.82) is 0 Å². The van der Waals surface area contributed by atoms with Crippen molar-refractivity contribution >= 4 is 17.1 Å². The Hall–Kier alpha value is -2.16. The molecule has 3 heteroatoms. The smallest absolute Gasteiger partial charge is 0.0568 e. The van der Waals surface area contributed by atoms with E-state index in [9.17, 15) is 0 Å². The Morgan fingerprint density at radius 2 is 1.78 bits per heavy atom. The molecule has 0 radical (unpaired) electrons. The van der Waals surface area contributed by atoms with Gasteiger partial charge in [0.2, 0.25) is 0 Å². The van der Waals surface area contributed by atoms with Crippen molar-refractivity contribution in [2.24, 2.45) is 0 Å². The van der Waals surface area contributed by atoms with Crippen molar-refractivity contribution in [3.63, 3.8) is 0 Å². The van der Waals surface area contributed by atoms with E-state index in [0.29, 0.717) is 11.4 Å². The summed E-state index contributed by atoms with van der Waals surface area (Å²) in [4.78, 5) is 0. The van der Waals surface area contributed by atoms with Gasteiger partial charge in [-0.25, -0.2) is 0 Å². The van der Waals surface area contributed by atoms with Crippen LogP contribution in [-0.4, -0.2) is 6.54 Å². The highest BCUT2D eigenvalue weighted by Gasteiger charge is 1.99. The first-order chi connectivity index (χ1) is 8.66. The number of hydrogen-bond donors (Lipinski definition) is 3. The molecule has 0 aliphatic heterocycles. The Labute approximate surface area is 108 Å². The molecule has 0 saturated heterocycles. The second kappa shape index (κ2) is 5.45.